The number of ether oxygens (including phenoxy) is 1. The Bertz CT molecular complexity index is 1180. The third-order valence-electron chi connectivity index (χ3n) is 5.78. The lowest BCUT2D eigenvalue weighted by atomic mass is 10.0. The van der Waals surface area contributed by atoms with Crippen LogP contribution in [0.25, 0.3) is 22.6 Å². The van der Waals surface area contributed by atoms with Crippen molar-refractivity contribution in [3.63, 3.8) is 0 Å². The Labute approximate surface area is 172 Å². The van der Waals surface area contributed by atoms with Gasteiger partial charge in [-0.15, -0.1) is 0 Å². The summed E-state index contributed by atoms with van der Waals surface area (Å²) in [5.74, 6) is -0.638. The number of hydrogen-bond donors (Lipinski definition) is 2. The van der Waals surface area contributed by atoms with Crippen LogP contribution in [0.3, 0.4) is 0 Å². The van der Waals surface area contributed by atoms with Crippen LogP contribution < -0.4 is 10.6 Å². The van der Waals surface area contributed by atoms with Gasteiger partial charge in [-0.3, -0.25) is 19.5 Å². The topological polar surface area (TPSA) is 119 Å². The number of primary amides is 1. The number of nitrogens with zero attached hydrogens (tertiary/aromatic N) is 4. The molecule has 1 atom stereocenters. The number of aryl methyl sites for hydroxylation is 3. The van der Waals surface area contributed by atoms with E-state index >= 15 is 0 Å². The molecule has 5 rings (SSSR count). The number of nitrogens with one attached hydrogen (secondary N) is 1. The third kappa shape index (κ3) is 2.85. The van der Waals surface area contributed by atoms with E-state index in [2.05, 4.69) is 15.3 Å². The van der Waals surface area contributed by atoms with E-state index in [-0.39, 0.29) is 6.54 Å². The highest BCUT2D eigenvalue weighted by molar-refractivity contribution is 5.95. The molecule has 3 N–H and O–H groups in total. The molecule has 9 nitrogen and oxygen atoms in total. The fourth-order valence-electron chi connectivity index (χ4n) is 4.35. The summed E-state index contributed by atoms with van der Waals surface area (Å²) < 4.78 is 6.92. The minimum absolute atomic E-state index is 0.131. The molecular weight excluding hydrogens is 384 g/mol. The maximum Gasteiger partial charge on any atom is 0.415 e. The lowest BCUT2D eigenvalue weighted by Gasteiger charge is -2.15. The van der Waals surface area contributed by atoms with Crippen LogP contribution in [0.1, 0.15) is 23.2 Å². The van der Waals surface area contributed by atoms with Gasteiger partial charge in [0.2, 0.25) is 0 Å². The zero-order valence-corrected chi connectivity index (χ0v) is 16.8. The van der Waals surface area contributed by atoms with Crippen molar-refractivity contribution in [2.45, 2.75) is 32.3 Å². The minimum atomic E-state index is -0.916. The first-order valence-electron chi connectivity index (χ1n) is 9.91. The van der Waals surface area contributed by atoms with Gasteiger partial charge in [-0.05, 0) is 49.9 Å². The van der Waals surface area contributed by atoms with Gasteiger partial charge in [0.1, 0.15) is 5.69 Å². The van der Waals surface area contributed by atoms with Gasteiger partial charge in [-0.1, -0.05) is 6.07 Å². The molecular formula is C21H22N6O3. The number of nitrogens with two attached hydrogens (primary N) is 1. The predicted octanol–water partition coefficient (Wildman–Crippen LogP) is 2.08. The molecule has 0 saturated carbocycles. The van der Waals surface area contributed by atoms with Crippen molar-refractivity contribution >= 4 is 17.7 Å². The maximum absolute atomic E-state index is 12.2. The highest BCUT2D eigenvalue weighted by Crippen LogP contribution is 2.38. The molecule has 1 aromatic carbocycles. The molecule has 2 aromatic heterocycles. The van der Waals surface area contributed by atoms with Crippen LogP contribution in [0.2, 0.25) is 0 Å². The van der Waals surface area contributed by atoms with Crippen molar-refractivity contribution in [1.82, 2.24) is 20.0 Å². The molecule has 2 aliphatic rings. The van der Waals surface area contributed by atoms with Gasteiger partial charge in [0.05, 0.1) is 23.6 Å². The average molecular weight is 406 g/mol. The summed E-state index contributed by atoms with van der Waals surface area (Å²) in [4.78, 5) is 25.0. The third-order valence-corrected chi connectivity index (χ3v) is 5.78. The van der Waals surface area contributed by atoms with E-state index in [1.54, 1.807) is 0 Å². The van der Waals surface area contributed by atoms with Gasteiger partial charge in [0, 0.05) is 23.9 Å². The van der Waals surface area contributed by atoms with Gasteiger partial charge >= 0.3 is 6.09 Å². The van der Waals surface area contributed by atoms with Gasteiger partial charge < -0.3 is 10.5 Å². The number of benzene rings is 1. The van der Waals surface area contributed by atoms with E-state index in [0.717, 1.165) is 53.2 Å². The highest BCUT2D eigenvalue weighted by atomic mass is 16.6. The van der Waals surface area contributed by atoms with Crippen molar-refractivity contribution in [2.75, 3.05) is 11.4 Å². The van der Waals surface area contributed by atoms with Gasteiger partial charge in [0.25, 0.3) is 5.91 Å². The molecule has 1 saturated heterocycles. The second-order valence-electron chi connectivity index (χ2n) is 7.80. The number of amides is 2. The number of carbonyl (C=O) groups excluding carboxylic acids is 2. The SMILES string of the molecule is Cc1cc(-c2n[nH]c3c2CCCc2cc(N4CC(C(N)=O)OC4=O)ccc2-3)n(C)n1. The number of carbonyl (C=O) groups is 2. The number of H-pyrrole nitrogens is 1. The number of aromatic nitrogens is 4. The summed E-state index contributed by atoms with van der Waals surface area (Å²) in [5, 5.41) is 12.3. The zero-order chi connectivity index (χ0) is 21.0. The van der Waals surface area contributed by atoms with Crippen LogP contribution in [-0.2, 0) is 29.4 Å². The van der Waals surface area contributed by atoms with Crippen LogP contribution in [-0.4, -0.2) is 44.6 Å². The Morgan fingerprint density at radius 1 is 1.30 bits per heavy atom. The summed E-state index contributed by atoms with van der Waals surface area (Å²) in [6.07, 6.45) is 1.26. The first kappa shape index (κ1) is 18.4. The average Bonchev–Trinajstić information content (AvgIpc) is 3.35. The van der Waals surface area contributed by atoms with E-state index in [1.807, 2.05) is 42.9 Å². The fraction of sp³-hybridized carbons (Fsp3) is 0.333. The first-order chi connectivity index (χ1) is 14.4. The van der Waals surface area contributed by atoms with E-state index in [9.17, 15) is 9.59 Å². The molecule has 1 unspecified atom stereocenters. The molecule has 3 aromatic rings. The lowest BCUT2D eigenvalue weighted by molar-refractivity contribution is -0.124. The molecule has 9 heteroatoms. The number of hydrogen-bond acceptors (Lipinski definition) is 5. The van der Waals surface area contributed by atoms with Crippen LogP contribution in [0, 0.1) is 6.92 Å². The molecule has 0 radical (unpaired) electrons. The van der Waals surface area contributed by atoms with E-state index in [4.69, 9.17) is 10.5 Å². The molecule has 1 aliphatic carbocycles. The molecule has 0 spiro atoms. The molecule has 2 amide bonds. The van der Waals surface area contributed by atoms with Crippen LogP contribution in [0.5, 0.6) is 0 Å². The fourth-order valence-corrected chi connectivity index (χ4v) is 4.35. The summed E-state index contributed by atoms with van der Waals surface area (Å²) in [5.41, 5.74) is 13.2. The molecule has 30 heavy (non-hydrogen) atoms. The van der Waals surface area contributed by atoms with Gasteiger partial charge in [-0.25, -0.2) is 4.79 Å². The minimum Gasteiger partial charge on any atom is -0.434 e. The van der Waals surface area contributed by atoms with Crippen molar-refractivity contribution < 1.29 is 14.3 Å². The van der Waals surface area contributed by atoms with Crippen molar-refractivity contribution in [1.29, 1.82) is 0 Å². The smallest absolute Gasteiger partial charge is 0.415 e. The zero-order valence-electron chi connectivity index (χ0n) is 16.8. The van der Waals surface area contributed by atoms with Crippen LogP contribution in [0.15, 0.2) is 24.3 Å². The largest absolute Gasteiger partial charge is 0.434 e. The van der Waals surface area contributed by atoms with Gasteiger partial charge in [0.15, 0.2) is 6.10 Å². The quantitative estimate of drug-likeness (QED) is 0.690. The second-order valence-corrected chi connectivity index (χ2v) is 7.80. The molecule has 1 aliphatic heterocycles. The normalized spacial score (nSPS) is 18.0. The molecule has 1 fully saturated rings. The number of rotatable bonds is 3. The number of fused-ring (bicyclic) bond motifs is 3. The number of aromatic amines is 1. The molecule has 154 valence electrons. The lowest BCUT2D eigenvalue weighted by Crippen LogP contribution is -2.32. The molecule has 3 heterocycles. The van der Waals surface area contributed by atoms with E-state index in [0.29, 0.717) is 5.69 Å². The second kappa shape index (κ2) is 6.72. The summed E-state index contributed by atoms with van der Waals surface area (Å²) >= 11 is 0. The predicted molar refractivity (Wildman–Crippen MR) is 110 cm³/mol. The Hall–Kier alpha value is -3.62. The van der Waals surface area contributed by atoms with Crippen molar-refractivity contribution in [3.8, 4) is 22.6 Å². The number of cyclic esters (lactones) is 1. The van der Waals surface area contributed by atoms with Crippen LogP contribution >= 0.6 is 0 Å². The summed E-state index contributed by atoms with van der Waals surface area (Å²) in [6.45, 7) is 2.10. The summed E-state index contributed by atoms with van der Waals surface area (Å²) in [7, 11) is 1.93. The van der Waals surface area contributed by atoms with Gasteiger partial charge in [-0.2, -0.15) is 10.2 Å². The van der Waals surface area contributed by atoms with Crippen molar-refractivity contribution in [2.24, 2.45) is 12.8 Å². The highest BCUT2D eigenvalue weighted by Gasteiger charge is 2.36. The number of anilines is 1. The van der Waals surface area contributed by atoms with Crippen LogP contribution in [0.4, 0.5) is 10.5 Å². The maximum atomic E-state index is 12.2. The molecule has 0 bridgehead atoms. The monoisotopic (exact) mass is 406 g/mol. The first-order valence-corrected chi connectivity index (χ1v) is 9.91. The Balaban J connectivity index is 1.53. The van der Waals surface area contributed by atoms with Crippen molar-refractivity contribution in [3.05, 3.63) is 41.1 Å². The standard InChI is InChI=1S/C21H22N6O3/c1-11-8-16(26(2)25-11)19-15-5-3-4-12-9-13(6-7-14(12)18(15)23-24-19)27-10-17(20(22)28)30-21(27)29/h6-9,17H,3-5,10H2,1-2H3,(H2,22,28)(H,23,24). The Kier molecular flexibility index (Phi) is 4.12. The summed E-state index contributed by atoms with van der Waals surface area (Å²) in [6, 6.07) is 7.90. The van der Waals surface area contributed by atoms with E-state index < -0.39 is 18.1 Å². The Morgan fingerprint density at radius 3 is 2.83 bits per heavy atom. The Morgan fingerprint density at radius 2 is 2.13 bits per heavy atom. The van der Waals surface area contributed by atoms with E-state index in [1.165, 1.54) is 10.5 Å².